The molecule has 0 bridgehead atoms. The number of nitrogens with two attached hydrogens (primary N) is 1. The summed E-state index contributed by atoms with van der Waals surface area (Å²) >= 11 is 0. The van der Waals surface area contributed by atoms with E-state index in [-0.39, 0.29) is 30.1 Å². The minimum atomic E-state index is -4.33. The summed E-state index contributed by atoms with van der Waals surface area (Å²) in [7, 11) is 0. The van der Waals surface area contributed by atoms with Gasteiger partial charge in [-0.3, -0.25) is 0 Å². The lowest BCUT2D eigenvalue weighted by Crippen LogP contribution is -2.38. The second kappa shape index (κ2) is 7.98. The Balaban J connectivity index is 2.07. The SMILES string of the molecule is CCc1nc(N(N)C(=O)OCc2ccccc2)ccc1CC(F)(F)F. The second-order valence-electron chi connectivity index (χ2n) is 5.33. The smallest absolute Gasteiger partial charge is 0.430 e. The summed E-state index contributed by atoms with van der Waals surface area (Å²) in [6.07, 6.45) is -5.97. The molecule has 0 radical (unpaired) electrons. The van der Waals surface area contributed by atoms with Crippen LogP contribution in [-0.2, 0) is 24.2 Å². The molecule has 1 amide bonds. The van der Waals surface area contributed by atoms with Crippen molar-refractivity contribution in [1.29, 1.82) is 0 Å². The molecule has 2 N–H and O–H groups in total. The van der Waals surface area contributed by atoms with Gasteiger partial charge in [0.15, 0.2) is 5.82 Å². The van der Waals surface area contributed by atoms with E-state index in [1.807, 2.05) is 6.07 Å². The zero-order valence-electron chi connectivity index (χ0n) is 13.6. The van der Waals surface area contributed by atoms with Gasteiger partial charge in [0.2, 0.25) is 0 Å². The number of carbonyl (C=O) groups excluding carboxylic acids is 1. The number of pyridine rings is 1. The van der Waals surface area contributed by atoms with Gasteiger partial charge in [0.1, 0.15) is 6.61 Å². The predicted octanol–water partition coefficient (Wildman–Crippen LogP) is 3.77. The largest absolute Gasteiger partial charge is 0.443 e. The first-order chi connectivity index (χ1) is 11.8. The van der Waals surface area contributed by atoms with Crippen LogP contribution in [0.1, 0.15) is 23.7 Å². The Hall–Kier alpha value is -2.61. The molecule has 0 atom stereocenters. The number of aryl methyl sites for hydroxylation is 1. The van der Waals surface area contributed by atoms with Gasteiger partial charge >= 0.3 is 12.3 Å². The predicted molar refractivity (Wildman–Crippen MR) is 86.7 cm³/mol. The molecule has 1 aromatic carbocycles. The van der Waals surface area contributed by atoms with E-state index < -0.39 is 18.7 Å². The Morgan fingerprint density at radius 2 is 1.88 bits per heavy atom. The first-order valence-electron chi connectivity index (χ1n) is 7.61. The van der Waals surface area contributed by atoms with E-state index in [4.69, 9.17) is 10.6 Å². The van der Waals surface area contributed by atoms with Crippen LogP contribution in [0.5, 0.6) is 0 Å². The first kappa shape index (κ1) is 18.7. The number of hydrogen-bond donors (Lipinski definition) is 1. The van der Waals surface area contributed by atoms with E-state index in [9.17, 15) is 18.0 Å². The van der Waals surface area contributed by atoms with Gasteiger partial charge < -0.3 is 4.74 Å². The highest BCUT2D eigenvalue weighted by atomic mass is 19.4. The number of amides is 1. The molecule has 0 saturated carbocycles. The summed E-state index contributed by atoms with van der Waals surface area (Å²) in [5, 5.41) is 0.680. The zero-order valence-corrected chi connectivity index (χ0v) is 13.6. The fourth-order valence-corrected chi connectivity index (χ4v) is 2.22. The van der Waals surface area contributed by atoms with Crippen molar-refractivity contribution in [3.63, 3.8) is 0 Å². The van der Waals surface area contributed by atoms with E-state index in [1.54, 1.807) is 31.2 Å². The quantitative estimate of drug-likeness (QED) is 0.505. The lowest BCUT2D eigenvalue weighted by Gasteiger charge is -2.18. The molecule has 0 saturated heterocycles. The molecule has 2 aromatic rings. The number of hydrogen-bond acceptors (Lipinski definition) is 4. The Kier molecular flexibility index (Phi) is 5.97. The molecule has 1 aromatic heterocycles. The van der Waals surface area contributed by atoms with Crippen LogP contribution in [0.25, 0.3) is 0 Å². The highest BCUT2D eigenvalue weighted by Gasteiger charge is 2.29. The zero-order chi connectivity index (χ0) is 18.4. The van der Waals surface area contributed by atoms with E-state index in [0.29, 0.717) is 5.01 Å². The molecule has 25 heavy (non-hydrogen) atoms. The minimum Gasteiger partial charge on any atom is -0.443 e. The number of carbonyl (C=O) groups is 1. The van der Waals surface area contributed by atoms with Crippen LogP contribution in [0.3, 0.4) is 0 Å². The topological polar surface area (TPSA) is 68.5 Å². The number of rotatable bonds is 5. The molecule has 0 spiro atoms. The first-order valence-corrected chi connectivity index (χ1v) is 7.61. The molecule has 0 aliphatic carbocycles. The van der Waals surface area contributed by atoms with Crippen LogP contribution in [0.2, 0.25) is 0 Å². The van der Waals surface area contributed by atoms with Crippen LogP contribution in [0, 0.1) is 0 Å². The van der Waals surface area contributed by atoms with Crippen molar-refractivity contribution in [2.75, 3.05) is 5.01 Å². The summed E-state index contributed by atoms with van der Waals surface area (Å²) in [6.45, 7) is 1.71. The van der Waals surface area contributed by atoms with Crippen LogP contribution >= 0.6 is 0 Å². The number of ether oxygens (including phenoxy) is 1. The molecule has 134 valence electrons. The van der Waals surface area contributed by atoms with E-state index in [2.05, 4.69) is 4.98 Å². The van der Waals surface area contributed by atoms with Crippen molar-refractivity contribution in [3.05, 3.63) is 59.3 Å². The highest BCUT2D eigenvalue weighted by Crippen LogP contribution is 2.24. The molecular formula is C17H18F3N3O2. The van der Waals surface area contributed by atoms with Gasteiger partial charge in [-0.1, -0.05) is 43.3 Å². The Labute approximate surface area is 143 Å². The monoisotopic (exact) mass is 353 g/mol. The summed E-state index contributed by atoms with van der Waals surface area (Å²) in [5.41, 5.74) is 1.08. The maximum absolute atomic E-state index is 12.6. The van der Waals surface area contributed by atoms with Gasteiger partial charge in [-0.2, -0.15) is 18.2 Å². The number of halogens is 3. The molecule has 0 aliphatic heterocycles. The Morgan fingerprint density at radius 1 is 1.20 bits per heavy atom. The maximum atomic E-state index is 12.6. The summed E-state index contributed by atoms with van der Waals surface area (Å²) in [6, 6.07) is 11.6. The average Bonchev–Trinajstić information content (AvgIpc) is 2.59. The Morgan fingerprint density at radius 3 is 2.48 bits per heavy atom. The number of benzene rings is 1. The molecule has 1 heterocycles. The van der Waals surface area contributed by atoms with Crippen LogP contribution in [-0.4, -0.2) is 17.3 Å². The minimum absolute atomic E-state index is 0.0279. The van der Waals surface area contributed by atoms with Gasteiger partial charge in [-0.05, 0) is 23.6 Å². The lowest BCUT2D eigenvalue weighted by molar-refractivity contribution is -0.127. The normalized spacial score (nSPS) is 11.2. The van der Waals surface area contributed by atoms with Gasteiger partial charge in [0.05, 0.1) is 6.42 Å². The van der Waals surface area contributed by atoms with Crippen LogP contribution < -0.4 is 10.9 Å². The molecule has 5 nitrogen and oxygen atoms in total. The van der Waals surface area contributed by atoms with Gasteiger partial charge in [-0.25, -0.2) is 15.6 Å². The molecular weight excluding hydrogens is 335 g/mol. The number of anilines is 1. The summed E-state index contributed by atoms with van der Waals surface area (Å²) < 4.78 is 42.8. The lowest BCUT2D eigenvalue weighted by atomic mass is 10.1. The third-order valence-corrected chi connectivity index (χ3v) is 3.43. The van der Waals surface area contributed by atoms with Gasteiger partial charge in [0, 0.05) is 5.69 Å². The third kappa shape index (κ3) is 5.46. The van der Waals surface area contributed by atoms with E-state index in [0.717, 1.165) is 5.56 Å². The fourth-order valence-electron chi connectivity index (χ4n) is 2.22. The Bertz CT molecular complexity index is 721. The van der Waals surface area contributed by atoms with Crippen molar-refractivity contribution in [2.24, 2.45) is 5.84 Å². The maximum Gasteiger partial charge on any atom is 0.430 e. The van der Waals surface area contributed by atoms with Crippen molar-refractivity contribution < 1.29 is 22.7 Å². The molecule has 0 unspecified atom stereocenters. The third-order valence-electron chi connectivity index (χ3n) is 3.43. The van der Waals surface area contributed by atoms with Crippen LogP contribution in [0.15, 0.2) is 42.5 Å². The van der Waals surface area contributed by atoms with Crippen molar-refractivity contribution >= 4 is 11.9 Å². The molecule has 2 rings (SSSR count). The van der Waals surface area contributed by atoms with Crippen molar-refractivity contribution in [1.82, 2.24) is 4.98 Å². The number of hydrazine groups is 1. The molecule has 0 fully saturated rings. The molecule has 8 heteroatoms. The van der Waals surface area contributed by atoms with Crippen molar-refractivity contribution in [3.8, 4) is 0 Å². The van der Waals surface area contributed by atoms with Gasteiger partial charge in [0.25, 0.3) is 0 Å². The summed E-state index contributed by atoms with van der Waals surface area (Å²) in [5.74, 6) is 5.71. The van der Waals surface area contributed by atoms with Gasteiger partial charge in [-0.15, -0.1) is 0 Å². The summed E-state index contributed by atoms with van der Waals surface area (Å²) in [4.78, 5) is 16.0. The number of aromatic nitrogens is 1. The van der Waals surface area contributed by atoms with E-state index >= 15 is 0 Å². The second-order valence-corrected chi connectivity index (χ2v) is 5.33. The molecule has 0 aliphatic rings. The average molecular weight is 353 g/mol. The number of alkyl halides is 3. The van der Waals surface area contributed by atoms with Crippen LogP contribution in [0.4, 0.5) is 23.8 Å². The highest BCUT2D eigenvalue weighted by molar-refractivity contribution is 5.84. The fraction of sp³-hybridized carbons (Fsp3) is 0.294. The van der Waals surface area contributed by atoms with E-state index in [1.165, 1.54) is 12.1 Å². The number of nitrogens with zero attached hydrogens (tertiary/aromatic N) is 2. The van der Waals surface area contributed by atoms with Crippen molar-refractivity contribution in [2.45, 2.75) is 32.5 Å². The standard InChI is InChI=1S/C17H18F3N3O2/c1-2-14-13(10-17(18,19)20)8-9-15(22-14)23(21)16(24)25-11-12-6-4-3-5-7-12/h3-9H,2,10-11,21H2,1H3.